The summed E-state index contributed by atoms with van der Waals surface area (Å²) in [5.74, 6) is -0.691. The summed E-state index contributed by atoms with van der Waals surface area (Å²) < 4.78 is 6.30. The number of aromatic nitrogens is 3. The number of anilines is 1. The van der Waals surface area contributed by atoms with E-state index in [0.717, 1.165) is 0 Å². The smallest absolute Gasteiger partial charge is 0.273 e. The number of nitrogens with zero attached hydrogens (tertiary/aromatic N) is 3. The van der Waals surface area contributed by atoms with Gasteiger partial charge < -0.3 is 21.3 Å². The molecule has 0 bridgehead atoms. The van der Waals surface area contributed by atoms with Crippen LogP contribution in [0.15, 0.2) is 0 Å². The van der Waals surface area contributed by atoms with Gasteiger partial charge in [-0.3, -0.25) is 4.79 Å². The fraction of sp³-hybridized carbons (Fsp3) is 0.571. The van der Waals surface area contributed by atoms with Crippen LogP contribution >= 0.6 is 0 Å². The predicted molar refractivity (Wildman–Crippen MR) is 48.8 cm³/mol. The van der Waals surface area contributed by atoms with Crippen LogP contribution in [-0.2, 0) is 4.74 Å². The number of amides is 1. The topological polar surface area (TPSA) is 129 Å². The highest BCUT2D eigenvalue weighted by atomic mass is 16.5. The van der Waals surface area contributed by atoms with E-state index in [1.807, 2.05) is 0 Å². The minimum atomic E-state index is -0.743. The maximum Gasteiger partial charge on any atom is 0.273 e. The number of carbonyl (C=O) groups excluding carboxylic acids is 1. The molecule has 1 aromatic heterocycles. The van der Waals surface area contributed by atoms with Crippen molar-refractivity contribution in [2.45, 2.75) is 12.1 Å². The highest BCUT2D eigenvalue weighted by molar-refractivity contribution is 5.94. The Balaban J connectivity index is 2.33. The lowest BCUT2D eigenvalue weighted by Crippen LogP contribution is -2.25. The normalized spacial score (nSPS) is 25.7. The van der Waals surface area contributed by atoms with Crippen molar-refractivity contribution in [2.24, 2.45) is 5.73 Å². The third-order valence-corrected chi connectivity index (χ3v) is 2.30. The number of nitrogens with two attached hydrogens (primary N) is 2. The van der Waals surface area contributed by atoms with Crippen molar-refractivity contribution < 1.29 is 14.6 Å². The van der Waals surface area contributed by atoms with E-state index in [2.05, 4.69) is 10.3 Å². The summed E-state index contributed by atoms with van der Waals surface area (Å²) in [5.41, 5.74) is 10.6. The summed E-state index contributed by atoms with van der Waals surface area (Å²) in [6.45, 7) is 0.503. The van der Waals surface area contributed by atoms with Crippen LogP contribution < -0.4 is 11.5 Å². The number of aliphatic hydroxyl groups excluding tert-OH is 1. The van der Waals surface area contributed by atoms with Crippen LogP contribution in [0, 0.1) is 0 Å². The van der Waals surface area contributed by atoms with Gasteiger partial charge in [-0.25, -0.2) is 4.68 Å². The highest BCUT2D eigenvalue weighted by Gasteiger charge is 2.31. The number of carbonyl (C=O) groups is 1. The van der Waals surface area contributed by atoms with Gasteiger partial charge in [0.05, 0.1) is 13.2 Å². The maximum absolute atomic E-state index is 10.9. The molecule has 1 aliphatic heterocycles. The molecule has 15 heavy (non-hydrogen) atoms. The third-order valence-electron chi connectivity index (χ3n) is 2.30. The van der Waals surface area contributed by atoms with E-state index in [-0.39, 0.29) is 24.7 Å². The first kappa shape index (κ1) is 9.87. The molecule has 1 saturated heterocycles. The Morgan fingerprint density at radius 3 is 2.80 bits per heavy atom. The monoisotopic (exact) mass is 213 g/mol. The summed E-state index contributed by atoms with van der Waals surface area (Å²) in [6, 6.07) is -0.411. The van der Waals surface area contributed by atoms with E-state index in [1.54, 1.807) is 0 Å². The standard InChI is InChI=1S/C7H11N5O3/c8-6-5(7(9)14)10-11-12(6)3-1-15-2-4(3)13/h3-4,13H,1-2,8H2,(H2,9,14)/t3-,4-/m1/s1. The maximum atomic E-state index is 10.9. The molecule has 1 aromatic rings. The van der Waals surface area contributed by atoms with Crippen LogP contribution in [0.5, 0.6) is 0 Å². The van der Waals surface area contributed by atoms with Crippen LogP contribution in [0.2, 0.25) is 0 Å². The second-order valence-corrected chi connectivity index (χ2v) is 3.30. The molecule has 0 unspecified atom stereocenters. The van der Waals surface area contributed by atoms with Gasteiger partial charge in [-0.1, -0.05) is 5.21 Å². The predicted octanol–water partition coefficient (Wildman–Crippen LogP) is -2.11. The van der Waals surface area contributed by atoms with E-state index in [1.165, 1.54) is 4.68 Å². The number of primary amides is 1. The molecule has 0 aliphatic carbocycles. The number of aliphatic hydroxyl groups is 1. The molecule has 8 heteroatoms. The lowest BCUT2D eigenvalue weighted by molar-refractivity contribution is 0.0996. The molecule has 1 amide bonds. The lowest BCUT2D eigenvalue weighted by atomic mass is 10.2. The summed E-state index contributed by atoms with van der Waals surface area (Å²) >= 11 is 0. The Morgan fingerprint density at radius 2 is 2.33 bits per heavy atom. The van der Waals surface area contributed by atoms with Gasteiger partial charge in [0.2, 0.25) is 0 Å². The third kappa shape index (κ3) is 1.53. The van der Waals surface area contributed by atoms with Crippen LogP contribution in [-0.4, -0.2) is 45.3 Å². The summed E-state index contributed by atoms with van der Waals surface area (Å²) in [7, 11) is 0. The minimum Gasteiger partial charge on any atom is -0.388 e. The molecule has 5 N–H and O–H groups in total. The van der Waals surface area contributed by atoms with Gasteiger partial charge in [0.1, 0.15) is 12.1 Å². The van der Waals surface area contributed by atoms with Crippen molar-refractivity contribution in [3.63, 3.8) is 0 Å². The molecule has 1 fully saturated rings. The first-order valence-electron chi connectivity index (χ1n) is 4.37. The average Bonchev–Trinajstić information content (AvgIpc) is 2.71. The molecule has 0 spiro atoms. The van der Waals surface area contributed by atoms with Gasteiger partial charge in [-0.2, -0.15) is 0 Å². The van der Waals surface area contributed by atoms with Crippen molar-refractivity contribution >= 4 is 11.7 Å². The van der Waals surface area contributed by atoms with Crippen LogP contribution in [0.4, 0.5) is 5.82 Å². The number of hydrogen-bond acceptors (Lipinski definition) is 6. The molecule has 0 saturated carbocycles. The number of ether oxygens (including phenoxy) is 1. The van der Waals surface area contributed by atoms with Crippen LogP contribution in [0.1, 0.15) is 16.5 Å². The SMILES string of the molecule is NC(=O)c1nnn([C@@H]2COC[C@H]2O)c1N. The molecule has 0 radical (unpaired) electrons. The van der Waals surface area contributed by atoms with Crippen molar-refractivity contribution in [1.82, 2.24) is 15.0 Å². The first-order valence-corrected chi connectivity index (χ1v) is 4.37. The quantitative estimate of drug-likeness (QED) is 0.515. The Morgan fingerprint density at radius 1 is 1.60 bits per heavy atom. The van der Waals surface area contributed by atoms with Crippen LogP contribution in [0.25, 0.3) is 0 Å². The van der Waals surface area contributed by atoms with Gasteiger partial charge >= 0.3 is 0 Å². The minimum absolute atomic E-state index is 0.0528. The molecule has 2 atom stereocenters. The van der Waals surface area contributed by atoms with E-state index < -0.39 is 18.1 Å². The zero-order chi connectivity index (χ0) is 11.0. The second kappa shape index (κ2) is 3.48. The molecular weight excluding hydrogens is 202 g/mol. The van der Waals surface area contributed by atoms with Crippen LogP contribution in [0.3, 0.4) is 0 Å². The number of hydrogen-bond donors (Lipinski definition) is 3. The van der Waals surface area contributed by atoms with Crippen molar-refractivity contribution in [2.75, 3.05) is 18.9 Å². The molecule has 82 valence electrons. The van der Waals surface area contributed by atoms with Gasteiger partial charge in [-0.15, -0.1) is 5.10 Å². The van der Waals surface area contributed by atoms with Crippen molar-refractivity contribution in [3.8, 4) is 0 Å². The first-order chi connectivity index (χ1) is 7.11. The summed E-state index contributed by atoms with van der Waals surface area (Å²) in [5, 5.41) is 16.7. The molecule has 0 aromatic carbocycles. The fourth-order valence-electron chi connectivity index (χ4n) is 1.49. The average molecular weight is 213 g/mol. The largest absolute Gasteiger partial charge is 0.388 e. The zero-order valence-corrected chi connectivity index (χ0v) is 7.83. The van der Waals surface area contributed by atoms with Gasteiger partial charge in [0, 0.05) is 0 Å². The Hall–Kier alpha value is -1.67. The van der Waals surface area contributed by atoms with E-state index in [4.69, 9.17) is 16.2 Å². The van der Waals surface area contributed by atoms with Crippen molar-refractivity contribution in [3.05, 3.63) is 5.69 Å². The summed E-state index contributed by atoms with van der Waals surface area (Å²) in [6.07, 6.45) is -0.699. The second-order valence-electron chi connectivity index (χ2n) is 3.30. The molecule has 8 nitrogen and oxygen atoms in total. The Kier molecular flexibility index (Phi) is 2.29. The Labute approximate surface area is 84.8 Å². The highest BCUT2D eigenvalue weighted by Crippen LogP contribution is 2.22. The van der Waals surface area contributed by atoms with E-state index in [9.17, 15) is 9.90 Å². The van der Waals surface area contributed by atoms with Crippen molar-refractivity contribution in [1.29, 1.82) is 0 Å². The summed E-state index contributed by atoms with van der Waals surface area (Å²) in [4.78, 5) is 10.9. The van der Waals surface area contributed by atoms with Gasteiger partial charge in [0.25, 0.3) is 5.91 Å². The molecular formula is C7H11N5O3. The number of nitrogen functional groups attached to an aromatic ring is 1. The van der Waals surface area contributed by atoms with E-state index in [0.29, 0.717) is 0 Å². The van der Waals surface area contributed by atoms with Gasteiger partial charge in [0.15, 0.2) is 11.5 Å². The lowest BCUT2D eigenvalue weighted by Gasteiger charge is -2.12. The number of rotatable bonds is 2. The molecule has 2 heterocycles. The van der Waals surface area contributed by atoms with E-state index >= 15 is 0 Å². The molecule has 1 aliphatic rings. The fourth-order valence-corrected chi connectivity index (χ4v) is 1.49. The molecule has 2 rings (SSSR count). The zero-order valence-electron chi connectivity index (χ0n) is 7.83. The van der Waals surface area contributed by atoms with Gasteiger partial charge in [-0.05, 0) is 0 Å². The Bertz CT molecular complexity index is 390.